The van der Waals surface area contributed by atoms with Crippen LogP contribution >= 0.6 is 0 Å². The second kappa shape index (κ2) is 17.0. The van der Waals surface area contributed by atoms with Gasteiger partial charge in [0, 0.05) is 37.8 Å². The maximum atomic E-state index is 13.4. The van der Waals surface area contributed by atoms with Crippen molar-refractivity contribution in [1.82, 2.24) is 29.8 Å². The third-order valence-electron chi connectivity index (χ3n) is 14.3. The van der Waals surface area contributed by atoms with Gasteiger partial charge in [-0.25, -0.2) is 4.68 Å². The quantitative estimate of drug-likeness (QED) is 0.207. The van der Waals surface area contributed by atoms with Gasteiger partial charge in [-0.05, 0) is 151 Å². The van der Waals surface area contributed by atoms with Gasteiger partial charge in [-0.1, -0.05) is 12.1 Å². The van der Waals surface area contributed by atoms with Crippen LogP contribution in [-0.4, -0.2) is 124 Å². The van der Waals surface area contributed by atoms with Gasteiger partial charge in [0.25, 0.3) is 17.7 Å². The number of anilines is 2. The van der Waals surface area contributed by atoms with Crippen LogP contribution in [0.15, 0.2) is 42.5 Å². The lowest BCUT2D eigenvalue weighted by molar-refractivity contribution is -0.136. The lowest BCUT2D eigenvalue weighted by atomic mass is 9.85. The first-order chi connectivity index (χ1) is 29.1. The number of rotatable bonds is 11. The number of likely N-dealkylation sites (tertiary alicyclic amines) is 2. The number of nitrogens with zero attached hydrogens (tertiary/aromatic N) is 6. The number of hydrogen-bond donors (Lipinski definition) is 4. The molecule has 15 nitrogen and oxygen atoms in total. The summed E-state index contributed by atoms with van der Waals surface area (Å²) in [6.45, 7) is 8.18. The highest BCUT2D eigenvalue weighted by Gasteiger charge is 2.45. The molecule has 1 aromatic heterocycles. The number of aromatic nitrogens is 2. The number of aryl methyl sites for hydroxylation is 2. The molecule has 15 heteroatoms. The molecule has 0 spiro atoms. The number of phenols is 1. The molecule has 2 aromatic carbocycles. The van der Waals surface area contributed by atoms with Crippen LogP contribution in [0.3, 0.4) is 0 Å². The third kappa shape index (κ3) is 8.01. The summed E-state index contributed by atoms with van der Waals surface area (Å²) in [5.74, 6) is -0.179. The maximum absolute atomic E-state index is 13.4. The van der Waals surface area contributed by atoms with Gasteiger partial charge in [0.15, 0.2) is 0 Å². The molecule has 4 fully saturated rings. The number of fused-ring (bicyclic) bond motifs is 2. The van der Waals surface area contributed by atoms with Gasteiger partial charge in [0.2, 0.25) is 11.8 Å². The van der Waals surface area contributed by atoms with Crippen LogP contribution in [-0.2, 0) is 22.4 Å². The van der Waals surface area contributed by atoms with Crippen molar-refractivity contribution in [1.29, 1.82) is 0 Å². The number of piperidine rings is 4. The number of nitrogens with two attached hydrogens (primary N) is 1. The number of carbonyl (C=O) groups excluding carboxylic acids is 5. The summed E-state index contributed by atoms with van der Waals surface area (Å²) >= 11 is 0. The normalized spacial score (nSPS) is 23.7. The minimum Gasteiger partial charge on any atom is -0.508 e. The minimum atomic E-state index is -0.957. The molecule has 7 heterocycles. The van der Waals surface area contributed by atoms with Crippen LogP contribution in [0.1, 0.15) is 113 Å². The van der Waals surface area contributed by atoms with Crippen molar-refractivity contribution in [2.75, 3.05) is 62.6 Å². The molecule has 1 unspecified atom stereocenters. The van der Waals surface area contributed by atoms with Gasteiger partial charge >= 0.3 is 0 Å². The van der Waals surface area contributed by atoms with Crippen molar-refractivity contribution in [2.45, 2.75) is 95.2 Å². The molecular weight excluding hydrogens is 763 g/mol. The van der Waals surface area contributed by atoms with Gasteiger partial charge < -0.3 is 30.9 Å². The first kappa shape index (κ1) is 40.1. The van der Waals surface area contributed by atoms with E-state index in [-0.39, 0.29) is 30.5 Å². The first-order valence-corrected chi connectivity index (χ1v) is 22.1. The van der Waals surface area contributed by atoms with Crippen molar-refractivity contribution in [3.05, 3.63) is 70.4 Å². The number of aromatic hydroxyl groups is 1. The largest absolute Gasteiger partial charge is 0.508 e. The van der Waals surface area contributed by atoms with Gasteiger partial charge in [-0.3, -0.25) is 34.2 Å². The van der Waals surface area contributed by atoms with E-state index in [1.165, 1.54) is 19.3 Å². The lowest BCUT2D eigenvalue weighted by Crippen LogP contribution is -2.54. The average molecular weight is 820 g/mol. The molecule has 5 amide bonds. The molecule has 5 N–H and O–H groups in total. The fourth-order valence-corrected chi connectivity index (χ4v) is 10.8. The van der Waals surface area contributed by atoms with E-state index in [9.17, 15) is 29.1 Å². The summed E-state index contributed by atoms with van der Waals surface area (Å²) in [7, 11) is 0. The molecule has 9 rings (SSSR count). The van der Waals surface area contributed by atoms with Gasteiger partial charge in [-0.2, -0.15) is 5.10 Å². The number of carbonyl (C=O) groups is 5. The second-order valence-electron chi connectivity index (χ2n) is 17.8. The standard InChI is InChI=1S/C45H57N9O6/c46-41(57)40-36(8-3-28-1-5-33(55)6-2-28)49-54-37(11-19-47-42(40)54)30-15-25-51(26-16-30)31-17-21-50(22-18-31)20-12-29-13-23-52(24-14-29)32-4-7-34-35(27-32)45(60)53(44(34)59)38-9-10-39(56)48-43(38)58/h1-2,4-7,27,29-31,37-38,47,55H,3,8-26H2,(H2,46,57)(H,48,56,58)/t37-,38?/m0/s1. The van der Waals surface area contributed by atoms with Crippen molar-refractivity contribution in [3.63, 3.8) is 0 Å². The summed E-state index contributed by atoms with van der Waals surface area (Å²) in [6, 6.07) is 12.5. The van der Waals surface area contributed by atoms with E-state index in [0.29, 0.717) is 47.4 Å². The highest BCUT2D eigenvalue weighted by Crippen LogP contribution is 2.39. The summed E-state index contributed by atoms with van der Waals surface area (Å²) < 4.78 is 2.08. The summed E-state index contributed by atoms with van der Waals surface area (Å²) in [5.41, 5.74) is 9.84. The van der Waals surface area contributed by atoms with E-state index < -0.39 is 29.7 Å². The minimum absolute atomic E-state index is 0.104. The Kier molecular flexibility index (Phi) is 11.4. The molecule has 60 heavy (non-hydrogen) atoms. The Hall–Kier alpha value is -5.28. The SMILES string of the molecule is NC(=O)c1c(CCc2ccc(O)cc2)nn2c1NCC[C@H]2C1CCN(C2CCN(CCC3CCN(c4ccc5c(c4)C(=O)N(C4CCC(=O)NC4=O)C5=O)CC3)CC2)CC1. The van der Waals surface area contributed by atoms with Crippen molar-refractivity contribution >= 4 is 41.0 Å². The number of benzene rings is 2. The molecule has 4 saturated heterocycles. The number of imide groups is 2. The van der Waals surface area contributed by atoms with E-state index >= 15 is 0 Å². The predicted octanol–water partition coefficient (Wildman–Crippen LogP) is 3.71. The smallest absolute Gasteiger partial charge is 0.262 e. The summed E-state index contributed by atoms with van der Waals surface area (Å²) in [5, 5.41) is 20.4. The Morgan fingerprint density at radius 2 is 1.55 bits per heavy atom. The van der Waals surface area contributed by atoms with Crippen LogP contribution in [0.2, 0.25) is 0 Å². The van der Waals surface area contributed by atoms with Crippen molar-refractivity contribution in [2.24, 2.45) is 17.6 Å². The lowest BCUT2D eigenvalue weighted by Gasteiger charge is -2.44. The zero-order chi connectivity index (χ0) is 41.5. The van der Waals surface area contributed by atoms with Gasteiger partial charge in [0.05, 0.1) is 22.9 Å². The topological polar surface area (TPSA) is 186 Å². The number of hydrogen-bond acceptors (Lipinski definition) is 11. The molecule has 2 atom stereocenters. The highest BCUT2D eigenvalue weighted by atomic mass is 16.3. The molecule has 0 saturated carbocycles. The van der Waals surface area contributed by atoms with E-state index in [4.69, 9.17) is 10.8 Å². The molecule has 0 aliphatic carbocycles. The number of nitrogens with one attached hydrogen (secondary N) is 2. The fourth-order valence-electron chi connectivity index (χ4n) is 10.8. The molecule has 318 valence electrons. The zero-order valence-corrected chi connectivity index (χ0v) is 34.3. The van der Waals surface area contributed by atoms with E-state index in [1.54, 1.807) is 24.3 Å². The Labute approximate surface area is 350 Å². The molecule has 6 aliphatic heterocycles. The Bertz CT molecular complexity index is 2130. The Morgan fingerprint density at radius 3 is 2.27 bits per heavy atom. The zero-order valence-electron chi connectivity index (χ0n) is 34.3. The number of amides is 5. The van der Waals surface area contributed by atoms with Crippen LogP contribution in [0, 0.1) is 11.8 Å². The monoisotopic (exact) mass is 819 g/mol. The Morgan fingerprint density at radius 1 is 0.817 bits per heavy atom. The highest BCUT2D eigenvalue weighted by molar-refractivity contribution is 6.23. The molecule has 0 bridgehead atoms. The molecule has 6 aliphatic rings. The van der Waals surface area contributed by atoms with Crippen molar-refractivity contribution < 1.29 is 29.1 Å². The molecular formula is C45H57N9O6. The van der Waals surface area contributed by atoms with Crippen LogP contribution in [0.25, 0.3) is 0 Å². The summed E-state index contributed by atoms with van der Waals surface area (Å²) in [4.78, 5) is 72.0. The van der Waals surface area contributed by atoms with Crippen LogP contribution in [0.5, 0.6) is 5.75 Å². The van der Waals surface area contributed by atoms with E-state index in [0.717, 1.165) is 112 Å². The molecule has 3 aromatic rings. The van der Waals surface area contributed by atoms with Gasteiger partial charge in [-0.15, -0.1) is 0 Å². The van der Waals surface area contributed by atoms with Crippen LogP contribution < -0.4 is 21.3 Å². The first-order valence-electron chi connectivity index (χ1n) is 22.1. The average Bonchev–Trinajstić information content (AvgIpc) is 3.76. The van der Waals surface area contributed by atoms with E-state index in [1.807, 2.05) is 18.2 Å². The molecule has 0 radical (unpaired) electrons. The predicted molar refractivity (Wildman–Crippen MR) is 225 cm³/mol. The summed E-state index contributed by atoms with van der Waals surface area (Å²) in [6.07, 6.45) is 10.6. The van der Waals surface area contributed by atoms with Gasteiger partial charge in [0.1, 0.15) is 23.2 Å². The Balaban J connectivity index is 0.713. The van der Waals surface area contributed by atoms with Crippen LogP contribution in [0.4, 0.5) is 11.5 Å². The number of phenolic OH excluding ortho intramolecular Hbond substituents is 1. The second-order valence-corrected chi connectivity index (χ2v) is 17.8. The van der Waals surface area contributed by atoms with E-state index in [2.05, 4.69) is 30.0 Å². The van der Waals surface area contributed by atoms with Crippen molar-refractivity contribution in [3.8, 4) is 5.75 Å². The maximum Gasteiger partial charge on any atom is 0.262 e. The number of primary amides is 1. The fraction of sp³-hybridized carbons (Fsp3) is 0.556. The third-order valence-corrected chi connectivity index (χ3v) is 14.3.